The van der Waals surface area contributed by atoms with E-state index < -0.39 is 12.1 Å². The van der Waals surface area contributed by atoms with Crippen LogP contribution in [0.3, 0.4) is 0 Å². The van der Waals surface area contributed by atoms with Crippen LogP contribution < -0.4 is 10.1 Å². The zero-order valence-electron chi connectivity index (χ0n) is 12.1. The highest BCUT2D eigenvalue weighted by Crippen LogP contribution is 2.29. The summed E-state index contributed by atoms with van der Waals surface area (Å²) in [6.07, 6.45) is -0.658. The Morgan fingerprint density at radius 1 is 1.14 bits per heavy atom. The molecular formula is C16H15Cl2NO3. The van der Waals surface area contributed by atoms with Crippen LogP contribution in [0.4, 0.5) is 11.4 Å². The first-order chi connectivity index (χ1) is 10.5. The lowest BCUT2D eigenvalue weighted by Gasteiger charge is -2.13. The number of halogens is 2. The second-order valence-electron chi connectivity index (χ2n) is 4.56. The molecule has 0 fully saturated rings. The van der Waals surface area contributed by atoms with Crippen LogP contribution in [0.1, 0.15) is 6.92 Å². The fourth-order valence-electron chi connectivity index (χ4n) is 1.78. The molecule has 1 atom stereocenters. The number of anilines is 2. The van der Waals surface area contributed by atoms with Crippen LogP contribution in [0.2, 0.25) is 10.0 Å². The summed E-state index contributed by atoms with van der Waals surface area (Å²) in [5, 5.41) is 4.29. The number of methoxy groups -OCH3 is 1. The molecule has 4 nitrogen and oxygen atoms in total. The van der Waals surface area contributed by atoms with Crippen LogP contribution in [0, 0.1) is 0 Å². The van der Waals surface area contributed by atoms with E-state index in [1.807, 2.05) is 12.1 Å². The summed E-state index contributed by atoms with van der Waals surface area (Å²) >= 11 is 12.0. The molecule has 0 saturated heterocycles. The molecule has 22 heavy (non-hydrogen) atoms. The Morgan fingerprint density at radius 3 is 2.41 bits per heavy atom. The van der Waals surface area contributed by atoms with Gasteiger partial charge in [0.05, 0.1) is 17.8 Å². The molecule has 0 aliphatic carbocycles. The van der Waals surface area contributed by atoms with Gasteiger partial charge in [-0.15, -0.1) is 0 Å². The summed E-state index contributed by atoms with van der Waals surface area (Å²) in [4.78, 5) is 11.3. The van der Waals surface area contributed by atoms with Crippen molar-refractivity contribution >= 4 is 40.5 Å². The summed E-state index contributed by atoms with van der Waals surface area (Å²) in [6.45, 7) is 1.63. The van der Waals surface area contributed by atoms with E-state index in [2.05, 4.69) is 10.1 Å². The number of carbonyl (C=O) groups is 1. The van der Waals surface area contributed by atoms with Gasteiger partial charge in [-0.05, 0) is 49.4 Å². The number of ether oxygens (including phenoxy) is 2. The maximum atomic E-state index is 11.3. The fraction of sp³-hybridized carbons (Fsp3) is 0.188. The maximum Gasteiger partial charge on any atom is 0.346 e. The van der Waals surface area contributed by atoms with Crippen molar-refractivity contribution in [2.75, 3.05) is 12.4 Å². The molecule has 0 spiro atoms. The zero-order valence-corrected chi connectivity index (χ0v) is 13.6. The van der Waals surface area contributed by atoms with Crippen LogP contribution in [0.5, 0.6) is 5.75 Å². The summed E-state index contributed by atoms with van der Waals surface area (Å²) in [7, 11) is 1.32. The van der Waals surface area contributed by atoms with Crippen molar-refractivity contribution in [3.05, 3.63) is 52.5 Å². The molecule has 0 radical (unpaired) electrons. The lowest BCUT2D eigenvalue weighted by Crippen LogP contribution is -2.24. The van der Waals surface area contributed by atoms with E-state index in [-0.39, 0.29) is 0 Å². The maximum absolute atomic E-state index is 11.3. The third kappa shape index (κ3) is 4.29. The van der Waals surface area contributed by atoms with Crippen molar-refractivity contribution in [3.8, 4) is 5.75 Å². The molecule has 116 valence electrons. The molecule has 2 aromatic rings. The summed E-state index contributed by atoms with van der Waals surface area (Å²) in [5.74, 6) is 0.154. The van der Waals surface area contributed by atoms with E-state index in [1.165, 1.54) is 7.11 Å². The number of esters is 1. The molecule has 0 saturated carbocycles. The largest absolute Gasteiger partial charge is 0.479 e. The van der Waals surface area contributed by atoms with E-state index >= 15 is 0 Å². The first kappa shape index (κ1) is 16.5. The highest BCUT2D eigenvalue weighted by atomic mass is 35.5. The standard InChI is InChI=1S/C16H15Cl2NO3/c1-10(16(20)21-2)22-13-6-4-12(5-7-13)19-15-8-3-11(17)9-14(15)18/h3-10,19H,1-2H3. The minimum Gasteiger partial charge on any atom is -0.479 e. The molecule has 0 bridgehead atoms. The zero-order chi connectivity index (χ0) is 16.1. The minimum absolute atomic E-state index is 0.421. The predicted molar refractivity (Wildman–Crippen MR) is 88.3 cm³/mol. The van der Waals surface area contributed by atoms with Crippen LogP contribution >= 0.6 is 23.2 Å². The molecular weight excluding hydrogens is 325 g/mol. The lowest BCUT2D eigenvalue weighted by molar-refractivity contribution is -0.147. The molecule has 0 aliphatic rings. The van der Waals surface area contributed by atoms with Gasteiger partial charge in [0, 0.05) is 10.7 Å². The summed E-state index contributed by atoms with van der Waals surface area (Å²) in [5.41, 5.74) is 1.59. The van der Waals surface area contributed by atoms with Gasteiger partial charge in [0.1, 0.15) is 5.75 Å². The number of carbonyl (C=O) groups excluding carboxylic acids is 1. The monoisotopic (exact) mass is 339 g/mol. The number of nitrogens with one attached hydrogen (secondary N) is 1. The van der Waals surface area contributed by atoms with Crippen LogP contribution in [-0.4, -0.2) is 19.2 Å². The molecule has 6 heteroatoms. The molecule has 2 rings (SSSR count). The van der Waals surface area contributed by atoms with Crippen LogP contribution in [0.15, 0.2) is 42.5 Å². The molecule has 1 unspecified atom stereocenters. The summed E-state index contributed by atoms with van der Waals surface area (Å²) in [6, 6.07) is 12.4. The van der Waals surface area contributed by atoms with Crippen LogP contribution in [-0.2, 0) is 9.53 Å². The second kappa shape index (κ2) is 7.38. The Bertz CT molecular complexity index is 659. The average molecular weight is 340 g/mol. The Labute approximate surface area is 138 Å². The Kier molecular flexibility index (Phi) is 5.52. The van der Waals surface area contributed by atoms with Crippen molar-refractivity contribution in [1.29, 1.82) is 0 Å². The Balaban J connectivity index is 2.04. The molecule has 0 aromatic heterocycles. The van der Waals surface area contributed by atoms with Gasteiger partial charge in [-0.3, -0.25) is 0 Å². The fourth-order valence-corrected chi connectivity index (χ4v) is 2.24. The van der Waals surface area contributed by atoms with Gasteiger partial charge in [-0.1, -0.05) is 23.2 Å². The quantitative estimate of drug-likeness (QED) is 0.803. The van der Waals surface area contributed by atoms with Gasteiger partial charge in [-0.25, -0.2) is 4.79 Å². The smallest absolute Gasteiger partial charge is 0.346 e. The van der Waals surface area contributed by atoms with Crippen LogP contribution in [0.25, 0.3) is 0 Å². The highest BCUT2D eigenvalue weighted by molar-refractivity contribution is 6.36. The number of rotatable bonds is 5. The van der Waals surface area contributed by atoms with Crippen molar-refractivity contribution in [1.82, 2.24) is 0 Å². The average Bonchev–Trinajstić information content (AvgIpc) is 2.51. The first-order valence-electron chi connectivity index (χ1n) is 6.56. The van der Waals surface area contributed by atoms with Crippen molar-refractivity contribution < 1.29 is 14.3 Å². The van der Waals surface area contributed by atoms with E-state index in [0.29, 0.717) is 15.8 Å². The third-order valence-electron chi connectivity index (χ3n) is 2.91. The van der Waals surface area contributed by atoms with Gasteiger partial charge in [0.15, 0.2) is 6.10 Å². The van der Waals surface area contributed by atoms with Gasteiger partial charge in [0.25, 0.3) is 0 Å². The van der Waals surface area contributed by atoms with Crippen molar-refractivity contribution in [2.24, 2.45) is 0 Å². The molecule has 1 N–H and O–H groups in total. The minimum atomic E-state index is -0.658. The Morgan fingerprint density at radius 2 is 1.82 bits per heavy atom. The first-order valence-corrected chi connectivity index (χ1v) is 7.32. The molecule has 0 amide bonds. The van der Waals surface area contributed by atoms with E-state index in [9.17, 15) is 4.79 Å². The van der Waals surface area contributed by atoms with Crippen molar-refractivity contribution in [2.45, 2.75) is 13.0 Å². The van der Waals surface area contributed by atoms with Gasteiger partial charge >= 0.3 is 5.97 Å². The number of hydrogen-bond donors (Lipinski definition) is 1. The third-order valence-corrected chi connectivity index (χ3v) is 3.46. The van der Waals surface area contributed by atoms with E-state index in [1.54, 1.807) is 37.3 Å². The molecule has 0 aliphatic heterocycles. The highest BCUT2D eigenvalue weighted by Gasteiger charge is 2.14. The predicted octanol–water partition coefficient (Wildman–Crippen LogP) is 4.68. The normalized spacial score (nSPS) is 11.6. The molecule has 0 heterocycles. The SMILES string of the molecule is COC(=O)C(C)Oc1ccc(Nc2ccc(Cl)cc2Cl)cc1. The van der Waals surface area contributed by atoms with Gasteiger partial charge in [0.2, 0.25) is 0 Å². The lowest BCUT2D eigenvalue weighted by atomic mass is 10.2. The van der Waals surface area contributed by atoms with E-state index in [0.717, 1.165) is 11.4 Å². The van der Waals surface area contributed by atoms with E-state index in [4.69, 9.17) is 27.9 Å². The van der Waals surface area contributed by atoms with Gasteiger partial charge in [-0.2, -0.15) is 0 Å². The van der Waals surface area contributed by atoms with Gasteiger partial charge < -0.3 is 14.8 Å². The Hall–Kier alpha value is -1.91. The summed E-state index contributed by atoms with van der Waals surface area (Å²) < 4.78 is 10.1. The van der Waals surface area contributed by atoms with Crippen molar-refractivity contribution in [3.63, 3.8) is 0 Å². The number of hydrogen-bond acceptors (Lipinski definition) is 4. The topological polar surface area (TPSA) is 47.6 Å². The molecule has 2 aromatic carbocycles. The number of benzene rings is 2. The second-order valence-corrected chi connectivity index (χ2v) is 5.40.